The third-order valence-corrected chi connectivity index (χ3v) is 9.49. The quantitative estimate of drug-likeness (QED) is 0.345. The molecule has 5 rings (SSSR count). The maximum atomic E-state index is 14.3. The summed E-state index contributed by atoms with van der Waals surface area (Å²) in [5.74, 6) is -2.10. The summed E-state index contributed by atoms with van der Waals surface area (Å²) in [7, 11) is 1.47. The smallest absolute Gasteiger partial charge is 0.416 e. The average Bonchev–Trinajstić information content (AvgIpc) is 3.33. The Morgan fingerprint density at radius 3 is 2.38 bits per heavy atom. The molecule has 10 nitrogen and oxygen atoms in total. The summed E-state index contributed by atoms with van der Waals surface area (Å²) >= 11 is 0. The SMILES string of the molecule is CCC1CC1(NC(=O)C1CC(OC(=O)N2Cc3cccc(F)c3C2)CN1C(=O)C(Nc1cccc(C(F)(F)F)c1)C(C)(C)C)C(=O)NC. The van der Waals surface area contributed by atoms with Crippen LogP contribution in [0.15, 0.2) is 42.5 Å². The number of hydrogen-bond acceptors (Lipinski definition) is 6. The van der Waals surface area contributed by atoms with Crippen molar-refractivity contribution >= 4 is 29.5 Å². The Kier molecular flexibility index (Phi) is 9.41. The highest BCUT2D eigenvalue weighted by atomic mass is 19.4. The van der Waals surface area contributed by atoms with Gasteiger partial charge in [0.15, 0.2) is 0 Å². The number of fused-ring (bicyclic) bond motifs is 1. The van der Waals surface area contributed by atoms with E-state index in [0.717, 1.165) is 12.1 Å². The lowest BCUT2D eigenvalue weighted by atomic mass is 9.85. The van der Waals surface area contributed by atoms with E-state index in [1.807, 2.05) is 6.92 Å². The lowest BCUT2D eigenvalue weighted by molar-refractivity contribution is -0.141. The molecule has 260 valence electrons. The molecule has 2 aliphatic heterocycles. The number of nitrogens with one attached hydrogen (secondary N) is 3. The fourth-order valence-electron chi connectivity index (χ4n) is 6.71. The number of likely N-dealkylation sites (tertiary alicyclic amines) is 1. The van der Waals surface area contributed by atoms with E-state index in [1.165, 1.54) is 35.0 Å². The number of carbonyl (C=O) groups is 4. The van der Waals surface area contributed by atoms with Gasteiger partial charge in [-0.25, -0.2) is 9.18 Å². The first kappa shape index (κ1) is 35.0. The Bertz CT molecular complexity index is 1590. The standard InChI is InChI=1S/C34H41F4N5O5/c1-6-20-15-33(20,30(46)39-5)41-28(44)26-14-23(48-31(47)42-16-19-9-7-12-25(35)24(19)18-42)17-43(26)29(45)27(32(2,3)4)40-22-11-8-10-21(13-22)34(36,37)38/h7-13,20,23,26-27,40H,6,14-18H2,1-5H3,(H,39,46)(H,41,44). The highest BCUT2D eigenvalue weighted by Crippen LogP contribution is 2.46. The molecular formula is C34H41F4N5O5. The zero-order valence-corrected chi connectivity index (χ0v) is 27.5. The fourth-order valence-corrected chi connectivity index (χ4v) is 6.71. The molecule has 5 unspecified atom stereocenters. The molecule has 4 amide bonds. The van der Waals surface area contributed by atoms with Crippen molar-refractivity contribution in [2.45, 2.75) is 89.9 Å². The summed E-state index contributed by atoms with van der Waals surface area (Å²) in [5.41, 5.74) is -1.79. The average molecular weight is 676 g/mol. The van der Waals surface area contributed by atoms with E-state index >= 15 is 0 Å². The molecule has 1 saturated heterocycles. The van der Waals surface area contributed by atoms with Crippen LogP contribution in [0.25, 0.3) is 0 Å². The van der Waals surface area contributed by atoms with Crippen molar-refractivity contribution in [3.05, 3.63) is 65.0 Å². The third-order valence-electron chi connectivity index (χ3n) is 9.49. The number of rotatable bonds is 8. The number of halogens is 4. The Morgan fingerprint density at radius 1 is 1.06 bits per heavy atom. The van der Waals surface area contributed by atoms with Crippen LogP contribution < -0.4 is 16.0 Å². The molecule has 3 aliphatic rings. The van der Waals surface area contributed by atoms with Crippen LogP contribution in [0, 0.1) is 17.2 Å². The number of likely N-dealkylation sites (N-methyl/N-ethyl adjacent to an activating group) is 1. The second-order valence-electron chi connectivity index (χ2n) is 13.9. The molecule has 0 radical (unpaired) electrons. The van der Waals surface area contributed by atoms with Gasteiger partial charge in [0.05, 0.1) is 18.7 Å². The van der Waals surface area contributed by atoms with Gasteiger partial charge < -0.3 is 25.6 Å². The van der Waals surface area contributed by atoms with Crippen molar-refractivity contribution in [1.82, 2.24) is 20.4 Å². The Balaban J connectivity index is 1.40. The number of carbonyl (C=O) groups excluding carboxylic acids is 4. The second kappa shape index (κ2) is 12.9. The van der Waals surface area contributed by atoms with Gasteiger partial charge in [-0.1, -0.05) is 52.3 Å². The van der Waals surface area contributed by atoms with Crippen LogP contribution in [0.1, 0.15) is 63.6 Å². The molecule has 1 saturated carbocycles. The maximum Gasteiger partial charge on any atom is 0.416 e. The highest BCUT2D eigenvalue weighted by molar-refractivity contribution is 5.98. The molecular weight excluding hydrogens is 634 g/mol. The molecule has 0 bridgehead atoms. The Morgan fingerprint density at radius 2 is 1.77 bits per heavy atom. The van der Waals surface area contributed by atoms with Crippen LogP contribution >= 0.6 is 0 Å². The second-order valence-corrected chi connectivity index (χ2v) is 13.9. The van der Waals surface area contributed by atoms with E-state index in [9.17, 15) is 36.7 Å². The van der Waals surface area contributed by atoms with E-state index in [4.69, 9.17) is 4.74 Å². The topological polar surface area (TPSA) is 120 Å². The van der Waals surface area contributed by atoms with Gasteiger partial charge in [0.2, 0.25) is 17.7 Å². The summed E-state index contributed by atoms with van der Waals surface area (Å²) in [4.78, 5) is 57.0. The minimum Gasteiger partial charge on any atom is -0.444 e. The zero-order chi connectivity index (χ0) is 35.2. The summed E-state index contributed by atoms with van der Waals surface area (Å²) in [5, 5.41) is 8.40. The normalized spacial score (nSPS) is 24.1. The number of benzene rings is 2. The number of anilines is 1. The summed E-state index contributed by atoms with van der Waals surface area (Å²) in [6, 6.07) is 6.82. The lowest BCUT2D eigenvalue weighted by Crippen LogP contribution is -2.58. The van der Waals surface area contributed by atoms with Crippen LogP contribution in [-0.2, 0) is 38.4 Å². The first-order valence-corrected chi connectivity index (χ1v) is 16.0. The van der Waals surface area contributed by atoms with Gasteiger partial charge in [-0.15, -0.1) is 0 Å². The molecule has 48 heavy (non-hydrogen) atoms. The number of hydrogen-bond donors (Lipinski definition) is 3. The summed E-state index contributed by atoms with van der Waals surface area (Å²) in [6.07, 6.45) is -5.31. The molecule has 3 N–H and O–H groups in total. The van der Waals surface area contributed by atoms with Gasteiger partial charge in [-0.2, -0.15) is 13.2 Å². The molecule has 2 aromatic carbocycles. The molecule has 2 heterocycles. The van der Waals surface area contributed by atoms with Crippen molar-refractivity contribution in [3.8, 4) is 0 Å². The first-order chi connectivity index (χ1) is 22.5. The Labute approximate surface area is 276 Å². The minimum absolute atomic E-state index is 0.000181. The predicted octanol–water partition coefficient (Wildman–Crippen LogP) is 4.82. The molecule has 2 aromatic rings. The molecule has 0 aromatic heterocycles. The number of nitrogens with zero attached hydrogens (tertiary/aromatic N) is 2. The van der Waals surface area contributed by atoms with Gasteiger partial charge in [-0.3, -0.25) is 19.3 Å². The minimum atomic E-state index is -4.60. The van der Waals surface area contributed by atoms with E-state index in [2.05, 4.69) is 16.0 Å². The highest BCUT2D eigenvalue weighted by Gasteiger charge is 2.61. The third kappa shape index (κ3) is 6.93. The molecule has 0 spiro atoms. The monoisotopic (exact) mass is 675 g/mol. The maximum absolute atomic E-state index is 14.3. The van der Waals surface area contributed by atoms with Gasteiger partial charge >= 0.3 is 12.3 Å². The van der Waals surface area contributed by atoms with Crippen LogP contribution in [0.3, 0.4) is 0 Å². The molecule has 5 atom stereocenters. The molecule has 2 fully saturated rings. The fraction of sp³-hybridized carbons (Fsp3) is 0.529. The number of ether oxygens (including phenoxy) is 1. The number of amides is 4. The summed E-state index contributed by atoms with van der Waals surface area (Å²) < 4.78 is 60.6. The first-order valence-electron chi connectivity index (χ1n) is 16.0. The van der Waals surface area contributed by atoms with E-state index in [0.29, 0.717) is 24.0 Å². The predicted molar refractivity (Wildman–Crippen MR) is 168 cm³/mol. The van der Waals surface area contributed by atoms with Crippen LogP contribution in [0.4, 0.5) is 28.0 Å². The summed E-state index contributed by atoms with van der Waals surface area (Å²) in [6.45, 7) is 7.06. The molecule has 14 heteroatoms. The van der Waals surface area contributed by atoms with Crippen LogP contribution in [-0.4, -0.2) is 70.9 Å². The van der Waals surface area contributed by atoms with Gasteiger partial charge in [0.1, 0.15) is 29.5 Å². The largest absolute Gasteiger partial charge is 0.444 e. The lowest BCUT2D eigenvalue weighted by Gasteiger charge is -2.36. The van der Waals surface area contributed by atoms with Gasteiger partial charge in [-0.05, 0) is 47.6 Å². The van der Waals surface area contributed by atoms with Gasteiger partial charge in [0.25, 0.3) is 0 Å². The van der Waals surface area contributed by atoms with Crippen molar-refractivity contribution in [3.63, 3.8) is 0 Å². The van der Waals surface area contributed by atoms with E-state index < -0.39 is 64.6 Å². The number of alkyl halides is 3. The van der Waals surface area contributed by atoms with Crippen molar-refractivity contribution in [2.24, 2.45) is 11.3 Å². The van der Waals surface area contributed by atoms with Crippen molar-refractivity contribution in [2.75, 3.05) is 18.9 Å². The zero-order valence-electron chi connectivity index (χ0n) is 27.5. The van der Waals surface area contributed by atoms with Crippen LogP contribution in [0.2, 0.25) is 0 Å². The van der Waals surface area contributed by atoms with E-state index in [-0.39, 0.29) is 43.6 Å². The van der Waals surface area contributed by atoms with Crippen LogP contribution in [0.5, 0.6) is 0 Å². The molecule has 1 aliphatic carbocycles. The van der Waals surface area contributed by atoms with Crippen molar-refractivity contribution < 1.29 is 41.5 Å². The van der Waals surface area contributed by atoms with Gasteiger partial charge in [0, 0.05) is 31.3 Å². The van der Waals surface area contributed by atoms with Crippen molar-refractivity contribution in [1.29, 1.82) is 0 Å². The van der Waals surface area contributed by atoms with E-state index in [1.54, 1.807) is 32.9 Å². The Hall–Kier alpha value is -4.36.